The number of benzene rings is 1. The van der Waals surface area contributed by atoms with Gasteiger partial charge in [-0.05, 0) is 31.0 Å². The zero-order valence-electron chi connectivity index (χ0n) is 10.7. The van der Waals surface area contributed by atoms with E-state index in [4.69, 9.17) is 0 Å². The fourth-order valence-corrected chi connectivity index (χ4v) is 2.13. The Kier molecular flexibility index (Phi) is 3.26. The molecule has 6 heteroatoms. The summed E-state index contributed by atoms with van der Waals surface area (Å²) in [6, 6.07) is 2.66. The van der Waals surface area contributed by atoms with Gasteiger partial charge < -0.3 is 5.32 Å². The number of rotatable bonds is 3. The summed E-state index contributed by atoms with van der Waals surface area (Å²) in [5.41, 5.74) is -1.12. The minimum atomic E-state index is -1.35. The van der Waals surface area contributed by atoms with E-state index < -0.39 is 29.1 Å². The van der Waals surface area contributed by atoms with Crippen LogP contribution in [0.15, 0.2) is 18.2 Å². The molecule has 0 aliphatic carbocycles. The minimum absolute atomic E-state index is 0.225. The van der Waals surface area contributed by atoms with Gasteiger partial charge >= 0.3 is 6.03 Å². The number of amides is 3. The average Bonchev–Trinajstić information content (AvgIpc) is 2.58. The molecule has 1 saturated heterocycles. The van der Waals surface area contributed by atoms with E-state index in [0.717, 1.165) is 17.0 Å². The molecule has 1 aliphatic heterocycles. The van der Waals surface area contributed by atoms with Gasteiger partial charge in [-0.2, -0.15) is 0 Å². The molecule has 1 N–H and O–H groups in total. The zero-order chi connectivity index (χ0) is 14.2. The lowest BCUT2D eigenvalue weighted by atomic mass is 9.92. The molecular formula is C13H14F2N2O2. The van der Waals surface area contributed by atoms with E-state index in [0.29, 0.717) is 13.0 Å². The van der Waals surface area contributed by atoms with Crippen LogP contribution in [0.5, 0.6) is 0 Å². The van der Waals surface area contributed by atoms with Crippen molar-refractivity contribution in [2.45, 2.75) is 25.8 Å². The molecule has 3 amide bonds. The lowest BCUT2D eigenvalue weighted by Crippen LogP contribution is -2.41. The van der Waals surface area contributed by atoms with Crippen molar-refractivity contribution < 1.29 is 18.4 Å². The third-order valence-corrected chi connectivity index (χ3v) is 3.22. The first-order valence-corrected chi connectivity index (χ1v) is 5.99. The molecule has 102 valence electrons. The Hall–Kier alpha value is -1.98. The predicted octanol–water partition coefficient (Wildman–Crippen LogP) is 2.14. The Morgan fingerprint density at radius 2 is 1.95 bits per heavy atom. The number of nitrogens with one attached hydrogen (secondary N) is 1. The topological polar surface area (TPSA) is 49.4 Å². The van der Waals surface area contributed by atoms with Gasteiger partial charge in [-0.1, -0.05) is 13.0 Å². The Morgan fingerprint density at radius 3 is 2.53 bits per heavy atom. The summed E-state index contributed by atoms with van der Waals surface area (Å²) in [5.74, 6) is -2.49. The van der Waals surface area contributed by atoms with Crippen LogP contribution in [0.3, 0.4) is 0 Å². The molecule has 1 aliphatic rings. The molecule has 1 aromatic rings. The van der Waals surface area contributed by atoms with Crippen LogP contribution in [0.1, 0.15) is 25.8 Å². The van der Waals surface area contributed by atoms with Gasteiger partial charge in [0.1, 0.15) is 5.54 Å². The van der Waals surface area contributed by atoms with Crippen LogP contribution in [0.25, 0.3) is 0 Å². The van der Waals surface area contributed by atoms with Crippen LogP contribution >= 0.6 is 0 Å². The molecule has 1 atom stereocenters. The molecule has 0 spiro atoms. The summed E-state index contributed by atoms with van der Waals surface area (Å²) >= 11 is 0. The summed E-state index contributed by atoms with van der Waals surface area (Å²) < 4.78 is 26.2. The van der Waals surface area contributed by atoms with Gasteiger partial charge in [-0.15, -0.1) is 0 Å². The Balaban J connectivity index is 2.40. The van der Waals surface area contributed by atoms with Gasteiger partial charge in [0.05, 0.1) is 0 Å². The summed E-state index contributed by atoms with van der Waals surface area (Å²) in [4.78, 5) is 25.1. The molecular weight excluding hydrogens is 254 g/mol. The number of hydrogen-bond donors (Lipinski definition) is 1. The van der Waals surface area contributed by atoms with Crippen LogP contribution in [0, 0.1) is 11.6 Å². The SMILES string of the molecule is CCCN1C(=O)NC(C)(c2ccc(F)c(F)c2)C1=O. The number of imide groups is 1. The van der Waals surface area contributed by atoms with Crippen LogP contribution in [0.2, 0.25) is 0 Å². The summed E-state index contributed by atoms with van der Waals surface area (Å²) in [5, 5.41) is 2.53. The molecule has 0 aromatic heterocycles. The number of carbonyl (C=O) groups excluding carboxylic acids is 2. The van der Waals surface area contributed by atoms with Gasteiger partial charge in [-0.3, -0.25) is 9.69 Å². The molecule has 1 heterocycles. The van der Waals surface area contributed by atoms with Crippen molar-refractivity contribution in [1.82, 2.24) is 10.2 Å². The molecule has 4 nitrogen and oxygen atoms in total. The van der Waals surface area contributed by atoms with Crippen molar-refractivity contribution in [1.29, 1.82) is 0 Å². The molecule has 19 heavy (non-hydrogen) atoms. The van der Waals surface area contributed by atoms with Crippen molar-refractivity contribution in [3.63, 3.8) is 0 Å². The first-order valence-electron chi connectivity index (χ1n) is 5.99. The number of carbonyl (C=O) groups is 2. The Morgan fingerprint density at radius 1 is 1.26 bits per heavy atom. The quantitative estimate of drug-likeness (QED) is 0.854. The van der Waals surface area contributed by atoms with Crippen molar-refractivity contribution in [2.24, 2.45) is 0 Å². The number of halogens is 2. The van der Waals surface area contributed by atoms with E-state index in [9.17, 15) is 18.4 Å². The molecule has 1 aromatic carbocycles. The maximum absolute atomic E-state index is 13.3. The molecule has 2 rings (SSSR count). The van der Waals surface area contributed by atoms with Crippen LogP contribution in [-0.2, 0) is 10.3 Å². The predicted molar refractivity (Wildman–Crippen MR) is 64.2 cm³/mol. The second-order valence-corrected chi connectivity index (χ2v) is 4.64. The molecule has 0 saturated carbocycles. The van der Waals surface area contributed by atoms with Gasteiger partial charge in [0.25, 0.3) is 5.91 Å². The van der Waals surface area contributed by atoms with E-state index in [-0.39, 0.29) is 5.56 Å². The molecule has 0 radical (unpaired) electrons. The number of nitrogens with zero attached hydrogens (tertiary/aromatic N) is 1. The van der Waals surface area contributed by atoms with Gasteiger partial charge in [0.15, 0.2) is 11.6 Å². The summed E-state index contributed by atoms with van der Waals surface area (Å²) in [6.45, 7) is 3.62. The first-order chi connectivity index (χ1) is 8.90. The lowest BCUT2D eigenvalue weighted by Gasteiger charge is -2.22. The van der Waals surface area contributed by atoms with Crippen LogP contribution in [-0.4, -0.2) is 23.4 Å². The van der Waals surface area contributed by atoms with Crippen LogP contribution in [0.4, 0.5) is 13.6 Å². The Bertz CT molecular complexity index is 547. The highest BCUT2D eigenvalue weighted by atomic mass is 19.2. The largest absolute Gasteiger partial charge is 0.325 e. The van der Waals surface area contributed by atoms with E-state index in [2.05, 4.69) is 5.32 Å². The highest BCUT2D eigenvalue weighted by molar-refractivity contribution is 6.07. The highest BCUT2D eigenvalue weighted by Gasteiger charge is 2.48. The average molecular weight is 268 g/mol. The monoisotopic (exact) mass is 268 g/mol. The van der Waals surface area contributed by atoms with Gasteiger partial charge in [0, 0.05) is 6.54 Å². The van der Waals surface area contributed by atoms with Crippen molar-refractivity contribution >= 4 is 11.9 Å². The second-order valence-electron chi connectivity index (χ2n) is 4.64. The van der Waals surface area contributed by atoms with E-state index >= 15 is 0 Å². The molecule has 0 bridgehead atoms. The van der Waals surface area contributed by atoms with Crippen molar-refractivity contribution in [3.05, 3.63) is 35.4 Å². The van der Waals surface area contributed by atoms with Crippen molar-refractivity contribution in [3.8, 4) is 0 Å². The van der Waals surface area contributed by atoms with Crippen LogP contribution < -0.4 is 5.32 Å². The van der Waals surface area contributed by atoms with Crippen molar-refractivity contribution in [2.75, 3.05) is 6.54 Å². The normalized spacial score (nSPS) is 22.8. The Labute approximate surface area is 109 Å². The first kappa shape index (κ1) is 13.5. The second kappa shape index (κ2) is 4.60. The smallest absolute Gasteiger partial charge is 0.319 e. The van der Waals surface area contributed by atoms with E-state index in [1.165, 1.54) is 13.0 Å². The number of hydrogen-bond acceptors (Lipinski definition) is 2. The molecule has 1 fully saturated rings. The fourth-order valence-electron chi connectivity index (χ4n) is 2.13. The fraction of sp³-hybridized carbons (Fsp3) is 0.385. The van der Waals surface area contributed by atoms with Gasteiger partial charge in [0.2, 0.25) is 0 Å². The maximum Gasteiger partial charge on any atom is 0.325 e. The van der Waals surface area contributed by atoms with E-state index in [1.54, 1.807) is 0 Å². The lowest BCUT2D eigenvalue weighted by molar-refractivity contribution is -0.131. The zero-order valence-corrected chi connectivity index (χ0v) is 10.7. The standard InChI is InChI=1S/C13H14F2N2O2/c1-3-6-17-11(18)13(2,16-12(17)19)8-4-5-9(14)10(15)7-8/h4-5,7H,3,6H2,1-2H3,(H,16,19). The highest BCUT2D eigenvalue weighted by Crippen LogP contribution is 2.29. The van der Waals surface area contributed by atoms with E-state index in [1.807, 2.05) is 6.92 Å². The third kappa shape index (κ3) is 2.07. The summed E-state index contributed by atoms with van der Waals surface area (Å²) in [7, 11) is 0. The third-order valence-electron chi connectivity index (χ3n) is 3.22. The maximum atomic E-state index is 13.3. The van der Waals surface area contributed by atoms with Gasteiger partial charge in [-0.25, -0.2) is 13.6 Å². The number of urea groups is 1. The molecule has 1 unspecified atom stereocenters. The minimum Gasteiger partial charge on any atom is -0.319 e. The summed E-state index contributed by atoms with van der Waals surface area (Å²) in [6.07, 6.45) is 0.632.